The number of nitrogens with one attached hydrogen (secondary N) is 1. The fourth-order valence-corrected chi connectivity index (χ4v) is 3.13. The van der Waals surface area contributed by atoms with Gasteiger partial charge in [0.05, 0.1) is 5.92 Å². The van der Waals surface area contributed by atoms with Gasteiger partial charge < -0.3 is 5.32 Å². The first-order chi connectivity index (χ1) is 13.0. The van der Waals surface area contributed by atoms with Gasteiger partial charge in [-0.3, -0.25) is 9.59 Å². The molecule has 1 amide bonds. The molecule has 1 aliphatic heterocycles. The number of carbonyl (C=O) groups excluding carboxylic acids is 2. The second kappa shape index (κ2) is 6.75. The Hall–Kier alpha value is -3.35. The van der Waals surface area contributed by atoms with E-state index in [2.05, 4.69) is 27.7 Å². The number of anilines is 1. The largest absolute Gasteiger partial charge is 0.325 e. The van der Waals surface area contributed by atoms with Gasteiger partial charge in [0.15, 0.2) is 5.78 Å². The minimum Gasteiger partial charge on any atom is -0.325 e. The van der Waals surface area contributed by atoms with Gasteiger partial charge in [-0.05, 0) is 47.9 Å². The van der Waals surface area contributed by atoms with E-state index < -0.39 is 0 Å². The monoisotopic (exact) mass is 361 g/mol. The van der Waals surface area contributed by atoms with Gasteiger partial charge in [0.1, 0.15) is 6.54 Å². The van der Waals surface area contributed by atoms with Crippen LogP contribution < -0.4 is 5.32 Å². The Morgan fingerprint density at radius 2 is 1.96 bits per heavy atom. The van der Waals surface area contributed by atoms with Gasteiger partial charge in [0, 0.05) is 16.8 Å². The molecule has 0 unspecified atom stereocenters. The van der Waals surface area contributed by atoms with E-state index in [4.69, 9.17) is 0 Å². The number of tetrazole rings is 1. The fraction of sp³-hybridized carbons (Fsp3) is 0.250. The number of benzene rings is 2. The topological polar surface area (TPSA) is 89.8 Å². The molecule has 7 heteroatoms. The van der Waals surface area contributed by atoms with Gasteiger partial charge in [-0.1, -0.05) is 31.2 Å². The van der Waals surface area contributed by atoms with Crippen molar-refractivity contribution in [3.05, 3.63) is 59.2 Å². The second-order valence-corrected chi connectivity index (χ2v) is 6.63. The molecule has 4 rings (SSSR count). The van der Waals surface area contributed by atoms with Crippen LogP contribution in [0, 0.1) is 0 Å². The molecule has 2 heterocycles. The molecule has 0 fully saturated rings. The fourth-order valence-electron chi connectivity index (χ4n) is 3.13. The van der Waals surface area contributed by atoms with Crippen LogP contribution in [0.1, 0.15) is 41.3 Å². The van der Waals surface area contributed by atoms with Crippen LogP contribution >= 0.6 is 0 Å². The summed E-state index contributed by atoms with van der Waals surface area (Å²) in [5.41, 5.74) is 4.24. The third-order valence-corrected chi connectivity index (χ3v) is 4.85. The molecule has 0 radical (unpaired) electrons. The van der Waals surface area contributed by atoms with E-state index in [9.17, 15) is 9.59 Å². The minimum absolute atomic E-state index is 0.00537. The van der Waals surface area contributed by atoms with Crippen LogP contribution in [0.3, 0.4) is 0 Å². The molecule has 0 aliphatic carbocycles. The van der Waals surface area contributed by atoms with Crippen molar-refractivity contribution >= 4 is 17.4 Å². The lowest BCUT2D eigenvalue weighted by Crippen LogP contribution is -2.13. The van der Waals surface area contributed by atoms with Crippen molar-refractivity contribution in [1.82, 2.24) is 20.2 Å². The summed E-state index contributed by atoms with van der Waals surface area (Å²) in [5.74, 6) is 0.0543. The van der Waals surface area contributed by atoms with Crippen molar-refractivity contribution < 1.29 is 9.59 Å². The number of ketones is 1. The molecule has 136 valence electrons. The Morgan fingerprint density at radius 3 is 2.70 bits per heavy atom. The molecule has 1 aromatic heterocycles. The normalized spacial score (nSPS) is 15.5. The Labute approximate surface area is 156 Å². The first-order valence-electron chi connectivity index (χ1n) is 8.90. The van der Waals surface area contributed by atoms with Gasteiger partial charge in [-0.15, -0.1) is 10.2 Å². The molecule has 0 bridgehead atoms. The van der Waals surface area contributed by atoms with Crippen LogP contribution in [0.15, 0.2) is 42.5 Å². The Balaban J connectivity index is 1.51. The highest BCUT2D eigenvalue weighted by molar-refractivity contribution is 6.04. The van der Waals surface area contributed by atoms with Gasteiger partial charge in [-0.25, -0.2) is 0 Å². The number of Topliss-reactive ketones (excluding diaryl/α,β-unsaturated/α-hetero) is 1. The lowest BCUT2D eigenvalue weighted by Gasteiger charge is -2.05. The maximum Gasteiger partial charge on any atom is 0.231 e. The van der Waals surface area contributed by atoms with Gasteiger partial charge >= 0.3 is 0 Å². The smallest absolute Gasteiger partial charge is 0.231 e. The molecular weight excluding hydrogens is 342 g/mol. The third-order valence-electron chi connectivity index (χ3n) is 4.85. The summed E-state index contributed by atoms with van der Waals surface area (Å²) in [5, 5.41) is 15.1. The molecule has 1 N–H and O–H groups in total. The number of carbonyl (C=O) groups is 2. The predicted molar refractivity (Wildman–Crippen MR) is 100 cm³/mol. The van der Waals surface area contributed by atoms with E-state index >= 15 is 0 Å². The molecule has 3 aromatic rings. The molecule has 27 heavy (non-hydrogen) atoms. The van der Waals surface area contributed by atoms with Gasteiger partial charge in [0.25, 0.3) is 0 Å². The van der Waals surface area contributed by atoms with Crippen molar-refractivity contribution in [2.45, 2.75) is 32.7 Å². The number of hydrogen-bond acceptors (Lipinski definition) is 5. The summed E-state index contributed by atoms with van der Waals surface area (Å²) in [7, 11) is 0. The quantitative estimate of drug-likeness (QED) is 0.706. The predicted octanol–water partition coefficient (Wildman–Crippen LogP) is 2.84. The van der Waals surface area contributed by atoms with Gasteiger partial charge in [-0.2, -0.15) is 4.80 Å². The highest BCUT2D eigenvalue weighted by Crippen LogP contribution is 2.32. The first-order valence-corrected chi connectivity index (χ1v) is 8.90. The Kier molecular flexibility index (Phi) is 4.27. The highest BCUT2D eigenvalue weighted by Gasteiger charge is 2.27. The van der Waals surface area contributed by atoms with Crippen LogP contribution in [0.2, 0.25) is 0 Å². The number of amides is 1. The van der Waals surface area contributed by atoms with E-state index in [-0.39, 0.29) is 24.2 Å². The summed E-state index contributed by atoms with van der Waals surface area (Å²) in [6.45, 7) is 3.92. The van der Waals surface area contributed by atoms with Crippen molar-refractivity contribution in [1.29, 1.82) is 0 Å². The third kappa shape index (κ3) is 3.23. The van der Waals surface area contributed by atoms with E-state index in [1.807, 2.05) is 31.2 Å². The summed E-state index contributed by atoms with van der Waals surface area (Å²) < 4.78 is 0. The molecule has 1 atom stereocenters. The van der Waals surface area contributed by atoms with Crippen LogP contribution in [-0.2, 0) is 17.8 Å². The van der Waals surface area contributed by atoms with Crippen molar-refractivity contribution in [3.63, 3.8) is 0 Å². The minimum atomic E-state index is -0.255. The molecule has 0 saturated carbocycles. The van der Waals surface area contributed by atoms with E-state index in [0.29, 0.717) is 11.4 Å². The van der Waals surface area contributed by atoms with Gasteiger partial charge in [0.2, 0.25) is 11.7 Å². The number of rotatable bonds is 5. The summed E-state index contributed by atoms with van der Waals surface area (Å²) in [6.07, 6.45) is 0.968. The average Bonchev–Trinajstić information content (AvgIpc) is 3.26. The Morgan fingerprint density at radius 1 is 1.19 bits per heavy atom. The summed E-state index contributed by atoms with van der Waals surface area (Å²) >= 11 is 0. The zero-order chi connectivity index (χ0) is 19.0. The lowest BCUT2D eigenvalue weighted by molar-refractivity contribution is -0.116. The van der Waals surface area contributed by atoms with Crippen LogP contribution in [0.4, 0.5) is 5.69 Å². The van der Waals surface area contributed by atoms with E-state index in [1.54, 1.807) is 18.2 Å². The number of nitrogens with zero attached hydrogens (tertiary/aromatic N) is 4. The molecule has 1 aliphatic rings. The summed E-state index contributed by atoms with van der Waals surface area (Å²) in [6, 6.07) is 13.2. The van der Waals surface area contributed by atoms with Crippen molar-refractivity contribution in [2.75, 3.05) is 5.32 Å². The SMILES string of the molecule is CCc1ccc(-c2nnn(CC(=O)c3ccc4c(c3)[C@@H](C)C(=O)N4)n2)cc1. The van der Waals surface area contributed by atoms with E-state index in [0.717, 1.165) is 23.2 Å². The zero-order valence-electron chi connectivity index (χ0n) is 15.1. The highest BCUT2D eigenvalue weighted by atomic mass is 16.2. The summed E-state index contributed by atoms with van der Waals surface area (Å²) in [4.78, 5) is 25.6. The Bertz CT molecular complexity index is 1020. The maximum absolute atomic E-state index is 12.6. The van der Waals surface area contributed by atoms with Crippen molar-refractivity contribution in [2.24, 2.45) is 0 Å². The molecule has 0 spiro atoms. The molecular formula is C20H19N5O2. The lowest BCUT2D eigenvalue weighted by atomic mass is 9.99. The maximum atomic E-state index is 12.6. The number of aryl methyl sites for hydroxylation is 1. The van der Waals surface area contributed by atoms with E-state index in [1.165, 1.54) is 10.4 Å². The standard InChI is InChI=1S/C20H19N5O2/c1-3-13-4-6-14(7-5-13)19-22-24-25(23-19)11-18(26)15-8-9-17-16(10-15)12(2)20(27)21-17/h4-10,12H,3,11H2,1-2H3,(H,21,27)/t12-/m1/s1. The van der Waals surface area contributed by atoms with Crippen molar-refractivity contribution in [3.8, 4) is 11.4 Å². The molecule has 0 saturated heterocycles. The van der Waals surface area contributed by atoms with Crippen LogP contribution in [0.25, 0.3) is 11.4 Å². The van der Waals surface area contributed by atoms with Crippen LogP contribution in [0.5, 0.6) is 0 Å². The second-order valence-electron chi connectivity index (χ2n) is 6.63. The average molecular weight is 361 g/mol. The number of hydrogen-bond donors (Lipinski definition) is 1. The number of fused-ring (bicyclic) bond motifs is 1. The molecule has 2 aromatic carbocycles. The first kappa shape index (κ1) is 17.1. The number of aromatic nitrogens is 4. The van der Waals surface area contributed by atoms with Crippen LogP contribution in [-0.4, -0.2) is 31.9 Å². The zero-order valence-corrected chi connectivity index (χ0v) is 15.1. The molecule has 7 nitrogen and oxygen atoms in total.